The first-order chi connectivity index (χ1) is 5.84. The molecule has 0 bridgehead atoms. The second kappa shape index (κ2) is 4.53. The van der Waals surface area contributed by atoms with E-state index in [-0.39, 0.29) is 13.1 Å². The molecule has 0 amide bonds. The molecule has 0 rings (SSSR count). The Labute approximate surface area is 72.9 Å². The highest BCUT2D eigenvalue weighted by atomic mass is 19.4. The van der Waals surface area contributed by atoms with Crippen LogP contribution >= 0.6 is 0 Å². The molecule has 0 heterocycles. The van der Waals surface area contributed by atoms with Crippen molar-refractivity contribution in [3.8, 4) is 0 Å². The minimum absolute atomic E-state index is 0.0127. The van der Waals surface area contributed by atoms with Gasteiger partial charge in [0.1, 0.15) is 13.1 Å². The fourth-order valence-electron chi connectivity index (χ4n) is 0.821. The van der Waals surface area contributed by atoms with Crippen molar-refractivity contribution in [1.82, 2.24) is 0 Å². The largest absolute Gasteiger partial charge is 0.432 e. The summed E-state index contributed by atoms with van der Waals surface area (Å²) in [5, 5.41) is 0. The van der Waals surface area contributed by atoms with Crippen molar-refractivity contribution in [3.63, 3.8) is 0 Å². The van der Waals surface area contributed by atoms with Gasteiger partial charge in [0.05, 0.1) is 0 Å². The minimum Gasteiger partial charge on any atom is -0.222 e. The Morgan fingerprint density at radius 1 is 1.23 bits per heavy atom. The molecule has 1 nitrogen and oxygen atoms in total. The van der Waals surface area contributed by atoms with Crippen LogP contribution in [0.4, 0.5) is 22.0 Å². The first-order valence-electron chi connectivity index (χ1n) is 3.82. The second-order valence-corrected chi connectivity index (χ2v) is 2.40. The number of nitrogens with zero attached hydrogens (tertiary/aromatic N) is 1. The van der Waals surface area contributed by atoms with E-state index in [2.05, 4.69) is 0 Å². The lowest BCUT2D eigenvalue weighted by molar-refractivity contribution is -0.529. The highest BCUT2D eigenvalue weighted by molar-refractivity contribution is 5.75. The van der Waals surface area contributed by atoms with E-state index >= 15 is 0 Å². The molecular weight excluding hydrogens is 193 g/mol. The lowest BCUT2D eigenvalue weighted by Crippen LogP contribution is -2.36. The molecule has 0 aromatic carbocycles. The topological polar surface area (TPSA) is 3.01 Å². The van der Waals surface area contributed by atoms with Crippen LogP contribution in [0.2, 0.25) is 0 Å². The lowest BCUT2D eigenvalue weighted by atomic mass is 10.3. The maximum atomic E-state index is 12.7. The Hall–Kier alpha value is -0.680. The molecule has 0 aliphatic carbocycles. The normalized spacial score (nSPS) is 14.1. The Kier molecular flexibility index (Phi) is 4.29. The maximum Gasteiger partial charge on any atom is 0.432 e. The second-order valence-electron chi connectivity index (χ2n) is 2.40. The molecule has 0 fully saturated rings. The molecule has 0 aromatic rings. The summed E-state index contributed by atoms with van der Waals surface area (Å²) < 4.78 is 60.8. The monoisotopic (exact) mass is 204 g/mol. The van der Waals surface area contributed by atoms with Gasteiger partial charge in [-0.3, -0.25) is 0 Å². The first-order valence-corrected chi connectivity index (χ1v) is 3.82. The van der Waals surface area contributed by atoms with Crippen molar-refractivity contribution in [2.75, 3.05) is 13.1 Å². The molecule has 13 heavy (non-hydrogen) atoms. The zero-order valence-corrected chi connectivity index (χ0v) is 7.33. The van der Waals surface area contributed by atoms with Crippen LogP contribution in [-0.2, 0) is 0 Å². The standard InChI is InChI=1S/C7H11F5N/c1-3-13(4-2)6(9)5(8)7(10,11)12/h5H,3-4H2,1-2H3/q+1. The van der Waals surface area contributed by atoms with E-state index in [1.807, 2.05) is 0 Å². The molecule has 0 aromatic heterocycles. The number of hydrogen-bond donors (Lipinski definition) is 0. The van der Waals surface area contributed by atoms with E-state index in [1.165, 1.54) is 13.8 Å². The van der Waals surface area contributed by atoms with E-state index in [0.717, 1.165) is 0 Å². The smallest absolute Gasteiger partial charge is 0.222 e. The van der Waals surface area contributed by atoms with Crippen LogP contribution in [0.1, 0.15) is 13.8 Å². The van der Waals surface area contributed by atoms with Gasteiger partial charge in [-0.25, -0.2) is 8.97 Å². The van der Waals surface area contributed by atoms with Gasteiger partial charge < -0.3 is 0 Å². The average molecular weight is 204 g/mol. The van der Waals surface area contributed by atoms with Crippen LogP contribution < -0.4 is 0 Å². The molecule has 1 atom stereocenters. The van der Waals surface area contributed by atoms with Crippen LogP contribution in [0.25, 0.3) is 0 Å². The third kappa shape index (κ3) is 3.28. The maximum absolute atomic E-state index is 12.7. The summed E-state index contributed by atoms with van der Waals surface area (Å²) in [6.45, 7) is 2.93. The van der Waals surface area contributed by atoms with Gasteiger partial charge in [0.25, 0.3) is 0 Å². The number of rotatable bonds is 3. The van der Waals surface area contributed by atoms with E-state index in [9.17, 15) is 22.0 Å². The zero-order chi connectivity index (χ0) is 10.6. The highest BCUT2D eigenvalue weighted by Gasteiger charge is 2.48. The highest BCUT2D eigenvalue weighted by Crippen LogP contribution is 2.24. The minimum atomic E-state index is -5.16. The Morgan fingerprint density at radius 2 is 1.62 bits per heavy atom. The zero-order valence-electron chi connectivity index (χ0n) is 7.33. The van der Waals surface area contributed by atoms with Crippen LogP contribution in [-0.4, -0.2) is 36.0 Å². The summed E-state index contributed by atoms with van der Waals surface area (Å²) in [6.07, 6.45) is -8.67. The van der Waals surface area contributed by atoms with Gasteiger partial charge in [0.2, 0.25) is 0 Å². The molecule has 78 valence electrons. The summed E-state index contributed by atoms with van der Waals surface area (Å²) in [5.41, 5.74) is 0. The summed E-state index contributed by atoms with van der Waals surface area (Å²) >= 11 is 0. The predicted octanol–water partition coefficient (Wildman–Crippen LogP) is 2.31. The third-order valence-corrected chi connectivity index (χ3v) is 1.56. The Bertz CT molecular complexity index is 190. The molecule has 0 aliphatic heterocycles. The van der Waals surface area contributed by atoms with Gasteiger partial charge >= 0.3 is 18.3 Å². The van der Waals surface area contributed by atoms with Gasteiger partial charge in [-0.1, -0.05) is 0 Å². The fourth-order valence-corrected chi connectivity index (χ4v) is 0.821. The van der Waals surface area contributed by atoms with Gasteiger partial charge in [-0.05, 0) is 13.8 Å². The summed E-state index contributed by atoms with van der Waals surface area (Å²) in [5.74, 6) is -1.77. The number of hydrogen-bond acceptors (Lipinski definition) is 0. The SMILES string of the molecule is CC[N+](CC)=C(F)C(F)C(F)(F)F. The Balaban J connectivity index is 4.75. The molecule has 6 heteroatoms. The molecule has 0 saturated heterocycles. The molecule has 0 saturated carbocycles. The van der Waals surface area contributed by atoms with Crippen molar-refractivity contribution < 1.29 is 26.5 Å². The Morgan fingerprint density at radius 3 is 1.85 bits per heavy atom. The van der Waals surface area contributed by atoms with Crippen LogP contribution in [0.3, 0.4) is 0 Å². The molecule has 0 N–H and O–H groups in total. The fraction of sp³-hybridized carbons (Fsp3) is 0.857. The van der Waals surface area contributed by atoms with Crippen LogP contribution in [0, 0.1) is 0 Å². The van der Waals surface area contributed by atoms with Gasteiger partial charge in [-0.2, -0.15) is 13.2 Å². The average Bonchev–Trinajstić information content (AvgIpc) is 2.03. The quantitative estimate of drug-likeness (QED) is 0.377. The molecule has 0 spiro atoms. The molecule has 0 radical (unpaired) electrons. The molecule has 0 aliphatic rings. The predicted molar refractivity (Wildman–Crippen MR) is 38.4 cm³/mol. The van der Waals surface area contributed by atoms with Crippen LogP contribution in [0.5, 0.6) is 0 Å². The number of halogens is 5. The van der Waals surface area contributed by atoms with Crippen LogP contribution in [0.15, 0.2) is 0 Å². The van der Waals surface area contributed by atoms with Gasteiger partial charge in [0.15, 0.2) is 0 Å². The van der Waals surface area contributed by atoms with E-state index < -0.39 is 18.3 Å². The van der Waals surface area contributed by atoms with Crippen molar-refractivity contribution in [2.45, 2.75) is 26.2 Å². The molecular formula is C7H11F5N+. The number of alkyl halides is 4. The lowest BCUT2D eigenvalue weighted by Gasteiger charge is -2.08. The van der Waals surface area contributed by atoms with E-state index in [1.54, 1.807) is 0 Å². The third-order valence-electron chi connectivity index (χ3n) is 1.56. The summed E-state index contributed by atoms with van der Waals surface area (Å²) in [4.78, 5) is 0. The van der Waals surface area contributed by atoms with Gasteiger partial charge in [-0.15, -0.1) is 4.39 Å². The summed E-state index contributed by atoms with van der Waals surface area (Å²) in [6, 6.07) is 0. The first kappa shape index (κ1) is 12.3. The van der Waals surface area contributed by atoms with Crippen molar-refractivity contribution in [1.29, 1.82) is 0 Å². The van der Waals surface area contributed by atoms with E-state index in [4.69, 9.17) is 0 Å². The van der Waals surface area contributed by atoms with Gasteiger partial charge in [0, 0.05) is 0 Å². The summed E-state index contributed by atoms with van der Waals surface area (Å²) in [7, 11) is 0. The van der Waals surface area contributed by atoms with E-state index in [0.29, 0.717) is 4.58 Å². The van der Waals surface area contributed by atoms with Crippen molar-refractivity contribution in [3.05, 3.63) is 0 Å². The van der Waals surface area contributed by atoms with Crippen molar-refractivity contribution >= 4 is 5.97 Å². The van der Waals surface area contributed by atoms with Crippen molar-refractivity contribution in [2.24, 2.45) is 0 Å². The molecule has 1 unspecified atom stereocenters.